The van der Waals surface area contributed by atoms with E-state index in [-0.39, 0.29) is 28.0 Å². The van der Waals surface area contributed by atoms with Gasteiger partial charge in [0.2, 0.25) is 0 Å². The third-order valence-electron chi connectivity index (χ3n) is 4.43. The van der Waals surface area contributed by atoms with E-state index >= 15 is 0 Å². The Morgan fingerprint density at radius 2 is 1.85 bits per heavy atom. The van der Waals surface area contributed by atoms with Crippen LogP contribution in [0, 0.1) is 0 Å². The minimum absolute atomic E-state index is 0.0970. The van der Waals surface area contributed by atoms with Crippen molar-refractivity contribution in [3.8, 4) is 11.5 Å². The smallest absolute Gasteiger partial charge is 0.325 e. The molecular formula is C22H18Cl2N2O7S. The van der Waals surface area contributed by atoms with Crippen LogP contribution >= 0.6 is 35.0 Å². The van der Waals surface area contributed by atoms with E-state index in [9.17, 15) is 19.2 Å². The minimum Gasteiger partial charge on any atom is -0.493 e. The number of ether oxygens (including phenoxy) is 3. The third-order valence-corrected chi connectivity index (χ3v) is 5.95. The molecule has 0 atom stereocenters. The van der Waals surface area contributed by atoms with Crippen LogP contribution in [-0.4, -0.2) is 55.3 Å². The molecule has 1 N–H and O–H groups in total. The lowest BCUT2D eigenvalue weighted by Crippen LogP contribution is -2.34. The number of para-hydroxylation sites is 1. The van der Waals surface area contributed by atoms with Crippen molar-refractivity contribution in [3.63, 3.8) is 0 Å². The summed E-state index contributed by atoms with van der Waals surface area (Å²) in [7, 11) is 2.55. The summed E-state index contributed by atoms with van der Waals surface area (Å²) in [6.07, 6.45) is 1.43. The van der Waals surface area contributed by atoms with E-state index < -0.39 is 29.6 Å². The molecular weight excluding hydrogens is 507 g/mol. The molecule has 0 aromatic heterocycles. The highest BCUT2D eigenvalue weighted by Crippen LogP contribution is 2.39. The molecule has 0 saturated carbocycles. The number of carbonyl (C=O) groups excluding carboxylic acids is 4. The standard InChI is InChI=1S/C22H18Cl2N2O7S/c1-31-16-8-12(9-17-21(29)26(22(30)34-17)10-19(28)32-2)7-14(24)20(16)33-11-18(27)25-15-6-4-3-5-13(15)23/h3-9H,10-11H2,1-2H3,(H,25,27)/b17-9-. The van der Waals surface area contributed by atoms with Crippen LogP contribution in [0.2, 0.25) is 10.0 Å². The van der Waals surface area contributed by atoms with Crippen molar-refractivity contribution < 1.29 is 33.4 Å². The van der Waals surface area contributed by atoms with Crippen LogP contribution in [0.5, 0.6) is 11.5 Å². The first-order chi connectivity index (χ1) is 16.2. The van der Waals surface area contributed by atoms with Crippen LogP contribution in [-0.2, 0) is 19.1 Å². The molecule has 1 fully saturated rings. The predicted octanol–water partition coefficient (Wildman–Crippen LogP) is 4.23. The largest absolute Gasteiger partial charge is 0.493 e. The maximum atomic E-state index is 12.5. The van der Waals surface area contributed by atoms with E-state index in [1.165, 1.54) is 25.3 Å². The van der Waals surface area contributed by atoms with E-state index in [0.717, 1.165) is 12.0 Å². The van der Waals surface area contributed by atoms with Crippen molar-refractivity contribution in [2.45, 2.75) is 0 Å². The fourth-order valence-corrected chi connectivity index (χ4v) is 4.13. The van der Waals surface area contributed by atoms with Gasteiger partial charge >= 0.3 is 5.97 Å². The number of hydrogen-bond acceptors (Lipinski definition) is 8. The molecule has 0 unspecified atom stereocenters. The first kappa shape index (κ1) is 25.4. The molecule has 3 rings (SSSR count). The van der Waals surface area contributed by atoms with Crippen LogP contribution in [0.25, 0.3) is 6.08 Å². The second kappa shape index (κ2) is 11.3. The van der Waals surface area contributed by atoms with Gasteiger partial charge in [-0.05, 0) is 47.7 Å². The predicted molar refractivity (Wildman–Crippen MR) is 128 cm³/mol. The number of esters is 1. The van der Waals surface area contributed by atoms with Gasteiger partial charge in [0.05, 0.1) is 34.9 Å². The van der Waals surface area contributed by atoms with Gasteiger partial charge < -0.3 is 19.5 Å². The van der Waals surface area contributed by atoms with Crippen molar-refractivity contribution in [1.82, 2.24) is 4.90 Å². The molecule has 34 heavy (non-hydrogen) atoms. The van der Waals surface area contributed by atoms with Gasteiger partial charge in [0.25, 0.3) is 17.1 Å². The Labute approximate surface area is 208 Å². The quantitative estimate of drug-likeness (QED) is 0.403. The zero-order chi connectivity index (χ0) is 24.8. The first-order valence-corrected chi connectivity index (χ1v) is 11.2. The number of amides is 3. The van der Waals surface area contributed by atoms with E-state index in [0.29, 0.717) is 28.0 Å². The van der Waals surface area contributed by atoms with Crippen LogP contribution in [0.1, 0.15) is 5.56 Å². The number of halogens is 2. The molecule has 0 radical (unpaired) electrons. The maximum absolute atomic E-state index is 12.5. The molecule has 2 aromatic carbocycles. The average molecular weight is 525 g/mol. The number of thioether (sulfide) groups is 1. The number of benzene rings is 2. The third kappa shape index (κ3) is 6.02. The Kier molecular flexibility index (Phi) is 8.43. The van der Waals surface area contributed by atoms with Gasteiger partial charge in [-0.2, -0.15) is 0 Å². The molecule has 9 nitrogen and oxygen atoms in total. The second-order valence-corrected chi connectivity index (χ2v) is 8.50. The molecule has 2 aromatic rings. The van der Waals surface area contributed by atoms with Crippen molar-refractivity contribution in [1.29, 1.82) is 0 Å². The van der Waals surface area contributed by atoms with Gasteiger partial charge in [0.15, 0.2) is 18.1 Å². The zero-order valence-electron chi connectivity index (χ0n) is 17.9. The normalized spacial score (nSPS) is 14.4. The van der Waals surface area contributed by atoms with Gasteiger partial charge in [-0.15, -0.1) is 0 Å². The van der Waals surface area contributed by atoms with E-state index in [2.05, 4.69) is 10.1 Å². The van der Waals surface area contributed by atoms with Gasteiger partial charge in [-0.25, -0.2) is 0 Å². The number of anilines is 1. The lowest BCUT2D eigenvalue weighted by atomic mass is 10.1. The van der Waals surface area contributed by atoms with E-state index in [1.54, 1.807) is 24.3 Å². The molecule has 1 aliphatic rings. The van der Waals surface area contributed by atoms with Crippen molar-refractivity contribution >= 4 is 69.8 Å². The summed E-state index contributed by atoms with van der Waals surface area (Å²) in [5.41, 5.74) is 0.880. The fraction of sp³-hybridized carbons (Fsp3) is 0.182. The second-order valence-electron chi connectivity index (χ2n) is 6.69. The zero-order valence-corrected chi connectivity index (χ0v) is 20.3. The first-order valence-electron chi connectivity index (χ1n) is 9.60. The van der Waals surface area contributed by atoms with Crippen LogP contribution in [0.3, 0.4) is 0 Å². The van der Waals surface area contributed by atoms with Gasteiger partial charge in [0.1, 0.15) is 6.54 Å². The number of rotatable bonds is 8. The molecule has 0 spiro atoms. The van der Waals surface area contributed by atoms with Gasteiger partial charge in [-0.3, -0.25) is 24.1 Å². The fourth-order valence-electron chi connectivity index (χ4n) is 2.83. The number of nitrogens with zero attached hydrogens (tertiary/aromatic N) is 1. The maximum Gasteiger partial charge on any atom is 0.325 e. The highest BCUT2D eigenvalue weighted by atomic mass is 35.5. The van der Waals surface area contributed by atoms with Gasteiger partial charge in [-0.1, -0.05) is 35.3 Å². The Morgan fingerprint density at radius 1 is 1.12 bits per heavy atom. The number of methoxy groups -OCH3 is 2. The highest BCUT2D eigenvalue weighted by molar-refractivity contribution is 8.18. The molecule has 12 heteroatoms. The molecule has 178 valence electrons. The van der Waals surface area contributed by atoms with Gasteiger partial charge in [0, 0.05) is 0 Å². The van der Waals surface area contributed by atoms with Crippen LogP contribution in [0.15, 0.2) is 41.3 Å². The minimum atomic E-state index is -0.715. The number of imide groups is 1. The average Bonchev–Trinajstić information content (AvgIpc) is 3.06. The van der Waals surface area contributed by atoms with Crippen molar-refractivity contribution in [2.24, 2.45) is 0 Å². The summed E-state index contributed by atoms with van der Waals surface area (Å²) < 4.78 is 15.4. The molecule has 0 bridgehead atoms. The lowest BCUT2D eigenvalue weighted by molar-refractivity contribution is -0.143. The Hall–Kier alpha value is -3.21. The van der Waals surface area contributed by atoms with Crippen LogP contribution in [0.4, 0.5) is 10.5 Å². The molecule has 0 aliphatic carbocycles. The summed E-state index contributed by atoms with van der Waals surface area (Å²) in [6, 6.07) is 9.77. The number of nitrogens with one attached hydrogen (secondary N) is 1. The molecule has 1 saturated heterocycles. The monoisotopic (exact) mass is 524 g/mol. The SMILES string of the molecule is COC(=O)CN1C(=O)S/C(=C\c2cc(Cl)c(OCC(=O)Nc3ccccc3Cl)c(OC)c2)C1=O. The summed E-state index contributed by atoms with van der Waals surface area (Å²) in [5.74, 6) is -1.48. The lowest BCUT2D eigenvalue weighted by Gasteiger charge is -2.14. The number of carbonyl (C=O) groups is 4. The topological polar surface area (TPSA) is 111 Å². The Morgan fingerprint density at radius 3 is 2.53 bits per heavy atom. The van der Waals surface area contributed by atoms with Crippen molar-refractivity contribution in [2.75, 3.05) is 32.7 Å². The molecule has 1 aliphatic heterocycles. The van der Waals surface area contributed by atoms with Crippen LogP contribution < -0.4 is 14.8 Å². The molecule has 1 heterocycles. The Bertz CT molecular complexity index is 1190. The summed E-state index contributed by atoms with van der Waals surface area (Å²) in [5, 5.41) is 2.53. The highest BCUT2D eigenvalue weighted by Gasteiger charge is 2.36. The Balaban J connectivity index is 1.74. The molecule has 3 amide bonds. The number of hydrogen-bond donors (Lipinski definition) is 1. The van der Waals surface area contributed by atoms with Crippen molar-refractivity contribution in [3.05, 3.63) is 56.9 Å². The summed E-state index contributed by atoms with van der Waals surface area (Å²) in [6.45, 7) is -0.849. The van der Waals surface area contributed by atoms with E-state index in [4.69, 9.17) is 32.7 Å². The summed E-state index contributed by atoms with van der Waals surface area (Å²) in [4.78, 5) is 49.1. The summed E-state index contributed by atoms with van der Waals surface area (Å²) >= 11 is 13.0. The van der Waals surface area contributed by atoms with E-state index in [1.807, 2.05) is 0 Å².